The molecule has 9 nitrogen and oxygen atoms in total. The van der Waals surface area contributed by atoms with E-state index < -0.39 is 20.6 Å². The van der Waals surface area contributed by atoms with Crippen LogP contribution in [0, 0.1) is 10.1 Å². The van der Waals surface area contributed by atoms with Gasteiger partial charge in [0.1, 0.15) is 5.69 Å². The van der Waals surface area contributed by atoms with Gasteiger partial charge >= 0.3 is 0 Å². The number of benzene rings is 2. The fourth-order valence-corrected chi connectivity index (χ4v) is 3.33. The monoisotopic (exact) mass is 398 g/mol. The molecule has 2 aromatic carbocycles. The fourth-order valence-electron chi connectivity index (χ4n) is 1.99. The van der Waals surface area contributed by atoms with Crippen molar-refractivity contribution in [3.8, 4) is 0 Å². The molecule has 0 aliphatic rings. The first-order valence-corrected chi connectivity index (χ1v) is 9.11. The molecule has 0 fully saturated rings. The Labute approximate surface area is 154 Å². The van der Waals surface area contributed by atoms with Crippen molar-refractivity contribution < 1.29 is 18.1 Å². The van der Waals surface area contributed by atoms with Gasteiger partial charge in [0.25, 0.3) is 15.7 Å². The number of carbonyl (C=O) groups excluding carboxylic acids is 1. The quantitative estimate of drug-likeness (QED) is 0.484. The topological polar surface area (TPSA) is 130 Å². The van der Waals surface area contributed by atoms with Crippen molar-refractivity contribution >= 4 is 44.6 Å². The zero-order valence-corrected chi connectivity index (χ0v) is 15.1. The number of para-hydroxylation sites is 1. The number of likely N-dealkylation sites (N-methyl/N-ethyl adjacent to an activating group) is 1. The van der Waals surface area contributed by atoms with Crippen LogP contribution in [0.4, 0.5) is 17.1 Å². The van der Waals surface area contributed by atoms with Crippen LogP contribution in [0.3, 0.4) is 0 Å². The summed E-state index contributed by atoms with van der Waals surface area (Å²) >= 11 is 5.93. The summed E-state index contributed by atoms with van der Waals surface area (Å²) in [6.07, 6.45) is 0. The Kier molecular flexibility index (Phi) is 6.01. The molecule has 0 spiro atoms. The van der Waals surface area contributed by atoms with E-state index in [1.165, 1.54) is 31.3 Å². The summed E-state index contributed by atoms with van der Waals surface area (Å²) in [5.74, 6) is -0.378. The van der Waals surface area contributed by atoms with Crippen LogP contribution in [0.2, 0.25) is 5.02 Å². The molecule has 1 amide bonds. The molecule has 138 valence electrons. The van der Waals surface area contributed by atoms with E-state index in [1.807, 2.05) is 0 Å². The van der Waals surface area contributed by atoms with Crippen LogP contribution >= 0.6 is 11.6 Å². The number of carbonyl (C=O) groups is 1. The molecule has 0 saturated carbocycles. The summed E-state index contributed by atoms with van der Waals surface area (Å²) in [6.45, 7) is -0.193. The average Bonchev–Trinajstić information content (AvgIpc) is 2.61. The molecule has 2 aromatic rings. The number of nitro benzene ring substituents is 1. The molecular weight excluding hydrogens is 384 g/mol. The predicted molar refractivity (Wildman–Crippen MR) is 97.9 cm³/mol. The van der Waals surface area contributed by atoms with E-state index in [0.29, 0.717) is 0 Å². The second-order valence-corrected chi connectivity index (χ2v) is 7.14. The number of sulfonamides is 1. The Balaban J connectivity index is 2.34. The standard InChI is InChI=1S/C15H15ClN4O5S/c1-17-15(21)9-18-13-7-6-10(8-14(13)20(22)23)26(24,25)19-12-5-3-2-4-11(12)16/h2-8,18-19H,9H2,1H3,(H,17,21). The van der Waals surface area contributed by atoms with Gasteiger partial charge in [-0.15, -0.1) is 0 Å². The van der Waals surface area contributed by atoms with Gasteiger partial charge < -0.3 is 10.6 Å². The number of amides is 1. The molecular formula is C15H15ClN4O5S. The Morgan fingerprint density at radius 2 is 1.88 bits per heavy atom. The van der Waals surface area contributed by atoms with Gasteiger partial charge in [0.2, 0.25) is 5.91 Å². The molecule has 0 atom stereocenters. The van der Waals surface area contributed by atoms with Crippen LogP contribution in [0.25, 0.3) is 0 Å². The SMILES string of the molecule is CNC(=O)CNc1ccc(S(=O)(=O)Nc2ccccc2Cl)cc1[N+](=O)[O-]. The number of nitrogens with one attached hydrogen (secondary N) is 3. The Bertz CT molecular complexity index is 949. The van der Waals surface area contributed by atoms with Gasteiger partial charge in [0.15, 0.2) is 0 Å². The minimum Gasteiger partial charge on any atom is -0.371 e. The fraction of sp³-hybridized carbons (Fsp3) is 0.133. The van der Waals surface area contributed by atoms with Gasteiger partial charge in [0, 0.05) is 13.1 Å². The van der Waals surface area contributed by atoms with Crippen molar-refractivity contribution in [3.05, 3.63) is 57.6 Å². The maximum atomic E-state index is 12.5. The van der Waals surface area contributed by atoms with E-state index in [2.05, 4.69) is 15.4 Å². The molecule has 2 rings (SSSR count). The number of nitrogens with zero attached hydrogens (tertiary/aromatic N) is 1. The van der Waals surface area contributed by atoms with Crippen LogP contribution in [0.1, 0.15) is 0 Å². The molecule has 26 heavy (non-hydrogen) atoms. The number of rotatable bonds is 7. The van der Waals surface area contributed by atoms with Gasteiger partial charge in [-0.25, -0.2) is 8.42 Å². The van der Waals surface area contributed by atoms with Gasteiger partial charge in [-0.3, -0.25) is 19.6 Å². The summed E-state index contributed by atoms with van der Waals surface area (Å²) in [6, 6.07) is 9.53. The number of hydrogen-bond donors (Lipinski definition) is 3. The van der Waals surface area contributed by atoms with Crippen LogP contribution in [0.5, 0.6) is 0 Å². The Hall–Kier alpha value is -2.85. The molecule has 11 heteroatoms. The normalized spacial score (nSPS) is 10.8. The maximum Gasteiger partial charge on any atom is 0.293 e. The van der Waals surface area contributed by atoms with E-state index in [1.54, 1.807) is 12.1 Å². The van der Waals surface area contributed by atoms with Crippen molar-refractivity contribution in [1.82, 2.24) is 5.32 Å². The highest BCUT2D eigenvalue weighted by Crippen LogP contribution is 2.29. The highest BCUT2D eigenvalue weighted by atomic mass is 35.5. The first-order chi connectivity index (χ1) is 12.2. The van der Waals surface area contributed by atoms with E-state index in [4.69, 9.17) is 11.6 Å². The number of anilines is 2. The van der Waals surface area contributed by atoms with E-state index >= 15 is 0 Å². The number of nitro groups is 1. The summed E-state index contributed by atoms with van der Waals surface area (Å²) in [5.41, 5.74) is -0.301. The molecule has 0 radical (unpaired) electrons. The zero-order chi connectivity index (χ0) is 19.3. The third-order valence-corrected chi connectivity index (χ3v) is 5.01. The third kappa shape index (κ3) is 4.61. The molecule has 0 aliphatic heterocycles. The van der Waals surface area contributed by atoms with Crippen molar-refractivity contribution in [1.29, 1.82) is 0 Å². The Morgan fingerprint density at radius 1 is 1.19 bits per heavy atom. The van der Waals surface area contributed by atoms with E-state index in [-0.39, 0.29) is 33.7 Å². The zero-order valence-electron chi connectivity index (χ0n) is 13.5. The van der Waals surface area contributed by atoms with Crippen LogP contribution < -0.4 is 15.4 Å². The first-order valence-electron chi connectivity index (χ1n) is 7.25. The van der Waals surface area contributed by atoms with Crippen LogP contribution in [-0.2, 0) is 14.8 Å². The molecule has 0 unspecified atom stereocenters. The molecule has 0 heterocycles. The lowest BCUT2D eigenvalue weighted by Gasteiger charge is -2.11. The Morgan fingerprint density at radius 3 is 2.50 bits per heavy atom. The van der Waals surface area contributed by atoms with Gasteiger partial charge in [-0.1, -0.05) is 23.7 Å². The number of hydrogen-bond acceptors (Lipinski definition) is 6. The first kappa shape index (κ1) is 19.5. The lowest BCUT2D eigenvalue weighted by molar-refractivity contribution is -0.384. The highest BCUT2D eigenvalue weighted by molar-refractivity contribution is 7.92. The molecule has 0 saturated heterocycles. The molecule has 0 bridgehead atoms. The van der Waals surface area contributed by atoms with Gasteiger partial charge in [-0.05, 0) is 24.3 Å². The summed E-state index contributed by atoms with van der Waals surface area (Å²) in [4.78, 5) is 21.5. The lowest BCUT2D eigenvalue weighted by atomic mass is 10.2. The van der Waals surface area contributed by atoms with Crippen molar-refractivity contribution in [2.45, 2.75) is 4.90 Å². The average molecular weight is 399 g/mol. The molecule has 0 aromatic heterocycles. The largest absolute Gasteiger partial charge is 0.371 e. The predicted octanol–water partition coefficient (Wildman–Crippen LogP) is 2.21. The van der Waals surface area contributed by atoms with E-state index in [0.717, 1.165) is 6.07 Å². The second-order valence-electron chi connectivity index (χ2n) is 5.05. The molecule has 3 N–H and O–H groups in total. The van der Waals surface area contributed by atoms with Crippen molar-refractivity contribution in [2.24, 2.45) is 0 Å². The van der Waals surface area contributed by atoms with Crippen molar-refractivity contribution in [2.75, 3.05) is 23.6 Å². The maximum absolute atomic E-state index is 12.5. The summed E-state index contributed by atoms with van der Waals surface area (Å²) in [5, 5.41) is 16.4. The minimum absolute atomic E-state index is 0.0234. The molecule has 0 aliphatic carbocycles. The van der Waals surface area contributed by atoms with Crippen molar-refractivity contribution in [3.63, 3.8) is 0 Å². The second kappa shape index (κ2) is 8.02. The van der Waals surface area contributed by atoms with Gasteiger partial charge in [0.05, 0.1) is 27.1 Å². The summed E-state index contributed by atoms with van der Waals surface area (Å²) in [7, 11) is -2.67. The third-order valence-electron chi connectivity index (χ3n) is 3.31. The minimum atomic E-state index is -4.09. The summed E-state index contributed by atoms with van der Waals surface area (Å²) < 4.78 is 27.2. The van der Waals surface area contributed by atoms with E-state index in [9.17, 15) is 23.3 Å². The van der Waals surface area contributed by atoms with Crippen LogP contribution in [0.15, 0.2) is 47.4 Å². The van der Waals surface area contributed by atoms with Gasteiger partial charge in [-0.2, -0.15) is 0 Å². The lowest BCUT2D eigenvalue weighted by Crippen LogP contribution is -2.26. The van der Waals surface area contributed by atoms with Crippen LogP contribution in [-0.4, -0.2) is 32.8 Å². The smallest absolute Gasteiger partial charge is 0.293 e. The number of halogens is 1. The highest BCUT2D eigenvalue weighted by Gasteiger charge is 2.22.